The first kappa shape index (κ1) is 26.1. The van der Waals surface area contributed by atoms with Crippen LogP contribution in [0.2, 0.25) is 5.02 Å². The average molecular weight is 554 g/mol. The first-order chi connectivity index (χ1) is 18.6. The largest absolute Gasteiger partial charge is 0.461 e. The Morgan fingerprint density at radius 3 is 2.46 bits per heavy atom. The van der Waals surface area contributed by atoms with Crippen LogP contribution in [0.3, 0.4) is 0 Å². The van der Waals surface area contributed by atoms with Gasteiger partial charge in [0.2, 0.25) is 0 Å². The van der Waals surface area contributed by atoms with Crippen LogP contribution in [0.1, 0.15) is 33.5 Å². The number of amides is 1. The molecule has 3 aromatic carbocycles. The van der Waals surface area contributed by atoms with Gasteiger partial charge in [-0.15, -0.1) is 0 Å². The van der Waals surface area contributed by atoms with Crippen LogP contribution >= 0.6 is 11.6 Å². The van der Waals surface area contributed by atoms with Crippen molar-refractivity contribution in [1.82, 2.24) is 10.2 Å². The number of fused-ring (bicyclic) bond motifs is 1. The number of aromatic nitrogens is 2. The zero-order valence-corrected chi connectivity index (χ0v) is 21.0. The highest BCUT2D eigenvalue weighted by molar-refractivity contribution is 6.33. The molecule has 7 nitrogen and oxygen atoms in total. The van der Waals surface area contributed by atoms with Gasteiger partial charge in [0.25, 0.3) is 5.91 Å². The van der Waals surface area contributed by atoms with Crippen LogP contribution in [0.4, 0.5) is 18.9 Å². The van der Waals surface area contributed by atoms with E-state index < -0.39 is 23.6 Å². The number of carbonyl (C=O) groups excluding carboxylic acids is 2. The van der Waals surface area contributed by atoms with E-state index in [0.717, 1.165) is 29.3 Å². The molecule has 0 bridgehead atoms. The van der Waals surface area contributed by atoms with Crippen molar-refractivity contribution in [2.45, 2.75) is 13.1 Å². The Hall–Kier alpha value is -4.57. The Kier molecular flexibility index (Phi) is 6.88. The zero-order chi connectivity index (χ0) is 27.7. The molecule has 2 heterocycles. The first-order valence-corrected chi connectivity index (χ1v) is 12.1. The fraction of sp³-hybridized carbons (Fsp3) is 0.107. The van der Waals surface area contributed by atoms with Gasteiger partial charge in [0, 0.05) is 16.6 Å². The van der Waals surface area contributed by atoms with Crippen LogP contribution < -0.4 is 5.32 Å². The second-order valence-corrected chi connectivity index (χ2v) is 8.85. The normalized spacial score (nSPS) is 11.5. The zero-order valence-electron chi connectivity index (χ0n) is 20.2. The average Bonchev–Trinajstić information content (AvgIpc) is 3.56. The third kappa shape index (κ3) is 5.37. The lowest BCUT2D eigenvalue weighted by Gasteiger charge is -2.09. The Morgan fingerprint density at radius 1 is 1.00 bits per heavy atom. The molecule has 0 aliphatic rings. The summed E-state index contributed by atoms with van der Waals surface area (Å²) >= 11 is 6.07. The van der Waals surface area contributed by atoms with E-state index in [4.69, 9.17) is 20.8 Å². The number of nitrogens with zero attached hydrogens (tertiary/aromatic N) is 1. The van der Waals surface area contributed by atoms with Crippen molar-refractivity contribution in [3.05, 3.63) is 94.8 Å². The molecule has 0 fully saturated rings. The predicted octanol–water partition coefficient (Wildman–Crippen LogP) is 7.59. The maximum atomic E-state index is 13.1. The summed E-state index contributed by atoms with van der Waals surface area (Å²) in [5.41, 5.74) is 2.21. The summed E-state index contributed by atoms with van der Waals surface area (Å²) in [5, 5.41) is 10.3. The number of benzene rings is 3. The fourth-order valence-corrected chi connectivity index (χ4v) is 4.20. The van der Waals surface area contributed by atoms with Gasteiger partial charge in [-0.25, -0.2) is 4.79 Å². The van der Waals surface area contributed by atoms with E-state index >= 15 is 0 Å². The van der Waals surface area contributed by atoms with Crippen molar-refractivity contribution in [2.24, 2.45) is 0 Å². The van der Waals surface area contributed by atoms with Crippen molar-refractivity contribution in [2.75, 3.05) is 11.9 Å². The summed E-state index contributed by atoms with van der Waals surface area (Å²) in [4.78, 5) is 24.8. The van der Waals surface area contributed by atoms with Crippen LogP contribution in [0.15, 0.2) is 77.2 Å². The summed E-state index contributed by atoms with van der Waals surface area (Å²) < 4.78 is 49.8. The number of esters is 1. The van der Waals surface area contributed by atoms with Gasteiger partial charge < -0.3 is 14.5 Å². The van der Waals surface area contributed by atoms with Gasteiger partial charge in [-0.2, -0.15) is 18.3 Å². The molecule has 0 radical (unpaired) electrons. The van der Waals surface area contributed by atoms with Crippen molar-refractivity contribution >= 4 is 40.1 Å². The van der Waals surface area contributed by atoms with Crippen LogP contribution in [0.25, 0.3) is 33.4 Å². The Labute approximate surface area is 224 Å². The number of carbonyl (C=O) groups is 2. The van der Waals surface area contributed by atoms with Crippen LogP contribution in [-0.2, 0) is 10.9 Å². The van der Waals surface area contributed by atoms with E-state index in [0.29, 0.717) is 16.6 Å². The molecule has 11 heteroatoms. The molecule has 0 spiro atoms. The lowest BCUT2D eigenvalue weighted by atomic mass is 10.0. The second kappa shape index (κ2) is 10.3. The van der Waals surface area contributed by atoms with E-state index in [1.54, 1.807) is 37.3 Å². The minimum absolute atomic E-state index is 0.0264. The quantitative estimate of drug-likeness (QED) is 0.211. The standard InChI is InChI=1S/C28H19ClF3N3O4/c1-2-38-27(37)25-19-9-5-16(13-22(19)34-35-25)15-3-7-18(8-4-15)33-26(36)24-12-11-23(39-24)20-14-17(28(30,31)32)6-10-21(20)29/h3-14H,2H2,1H3,(H,33,36)(H,34,35). The molecule has 0 unspecified atom stereocenters. The van der Waals surface area contributed by atoms with Crippen LogP contribution in [0, 0.1) is 0 Å². The van der Waals surface area contributed by atoms with E-state index in [2.05, 4.69) is 15.5 Å². The smallest absolute Gasteiger partial charge is 0.416 e. The van der Waals surface area contributed by atoms with Gasteiger partial charge in [0.15, 0.2) is 11.5 Å². The number of furan rings is 1. The molecule has 0 saturated heterocycles. The third-order valence-electron chi connectivity index (χ3n) is 5.90. The number of nitrogens with one attached hydrogen (secondary N) is 2. The predicted molar refractivity (Wildman–Crippen MR) is 140 cm³/mol. The molecule has 5 rings (SSSR count). The van der Waals surface area contributed by atoms with Gasteiger partial charge >= 0.3 is 12.1 Å². The minimum atomic E-state index is -4.55. The molecule has 0 aliphatic carbocycles. The molecule has 0 aliphatic heterocycles. The van der Waals surface area contributed by atoms with Crippen LogP contribution in [0.5, 0.6) is 0 Å². The lowest BCUT2D eigenvalue weighted by Crippen LogP contribution is -2.10. The van der Waals surface area contributed by atoms with Gasteiger partial charge in [-0.05, 0) is 72.6 Å². The monoisotopic (exact) mass is 553 g/mol. The van der Waals surface area contributed by atoms with Crippen molar-refractivity contribution < 1.29 is 31.9 Å². The number of hydrogen-bond donors (Lipinski definition) is 2. The highest BCUT2D eigenvalue weighted by atomic mass is 35.5. The van der Waals surface area contributed by atoms with Crippen LogP contribution in [-0.4, -0.2) is 28.7 Å². The molecular weight excluding hydrogens is 535 g/mol. The summed E-state index contributed by atoms with van der Waals surface area (Å²) in [6.45, 7) is 1.97. The van der Waals surface area contributed by atoms with E-state index in [9.17, 15) is 22.8 Å². The fourth-order valence-electron chi connectivity index (χ4n) is 3.99. The number of aromatic amines is 1. The SMILES string of the molecule is CCOC(=O)c1n[nH]c2cc(-c3ccc(NC(=O)c4ccc(-c5cc(C(F)(F)F)ccc5Cl)o4)cc3)ccc12. The Bertz CT molecular complexity index is 1690. The maximum Gasteiger partial charge on any atom is 0.416 e. The van der Waals surface area contributed by atoms with Crippen molar-refractivity contribution in [3.8, 4) is 22.5 Å². The molecule has 0 saturated carbocycles. The highest BCUT2D eigenvalue weighted by Crippen LogP contribution is 2.36. The number of hydrogen-bond acceptors (Lipinski definition) is 5. The molecule has 1 amide bonds. The molecule has 0 atom stereocenters. The van der Waals surface area contributed by atoms with Gasteiger partial charge in [0.1, 0.15) is 5.76 Å². The van der Waals surface area contributed by atoms with Gasteiger partial charge in [-0.1, -0.05) is 29.8 Å². The number of halogens is 4. The summed E-state index contributed by atoms with van der Waals surface area (Å²) in [6, 6.07) is 18.1. The third-order valence-corrected chi connectivity index (χ3v) is 6.23. The topological polar surface area (TPSA) is 97.2 Å². The second-order valence-electron chi connectivity index (χ2n) is 8.44. The number of anilines is 1. The van der Waals surface area contributed by atoms with Gasteiger partial charge in [0.05, 0.1) is 22.7 Å². The molecular formula is C28H19ClF3N3O4. The first-order valence-electron chi connectivity index (χ1n) is 11.7. The summed E-state index contributed by atoms with van der Waals surface area (Å²) in [6.07, 6.45) is -4.55. The van der Waals surface area contributed by atoms with Crippen molar-refractivity contribution in [1.29, 1.82) is 0 Å². The van der Waals surface area contributed by atoms with E-state index in [1.165, 1.54) is 12.1 Å². The van der Waals surface area contributed by atoms with Crippen molar-refractivity contribution in [3.63, 3.8) is 0 Å². The Balaban J connectivity index is 1.30. The minimum Gasteiger partial charge on any atom is -0.461 e. The maximum absolute atomic E-state index is 13.1. The summed E-state index contributed by atoms with van der Waals surface area (Å²) in [5.74, 6) is -1.14. The number of ether oxygens (including phenoxy) is 1. The molecule has 5 aromatic rings. The molecule has 39 heavy (non-hydrogen) atoms. The van der Waals surface area contributed by atoms with Gasteiger partial charge in [-0.3, -0.25) is 9.89 Å². The number of H-pyrrole nitrogens is 1. The molecule has 198 valence electrons. The number of rotatable bonds is 6. The Morgan fingerprint density at radius 2 is 1.74 bits per heavy atom. The van der Waals surface area contributed by atoms with E-state index in [1.807, 2.05) is 12.1 Å². The molecule has 2 aromatic heterocycles. The molecule has 2 N–H and O–H groups in total. The number of alkyl halides is 3. The lowest BCUT2D eigenvalue weighted by molar-refractivity contribution is -0.137. The highest BCUT2D eigenvalue weighted by Gasteiger charge is 2.31. The summed E-state index contributed by atoms with van der Waals surface area (Å²) in [7, 11) is 0. The van der Waals surface area contributed by atoms with E-state index in [-0.39, 0.29) is 34.4 Å².